The summed E-state index contributed by atoms with van der Waals surface area (Å²) in [6.07, 6.45) is 0.154. The third-order valence-corrected chi connectivity index (χ3v) is 3.56. The number of methoxy groups -OCH3 is 1. The van der Waals surface area contributed by atoms with Crippen molar-refractivity contribution < 1.29 is 14.1 Å². The Labute approximate surface area is 140 Å². The van der Waals surface area contributed by atoms with Crippen LogP contribution in [-0.4, -0.2) is 18.2 Å². The summed E-state index contributed by atoms with van der Waals surface area (Å²) in [6, 6.07) is 16.9. The van der Waals surface area contributed by atoms with Crippen LogP contribution in [-0.2, 0) is 11.2 Å². The minimum Gasteiger partial charge on any atom is -0.497 e. The molecule has 0 aliphatic rings. The lowest BCUT2D eigenvalue weighted by Crippen LogP contribution is -2.14. The maximum Gasteiger partial charge on any atom is 0.230 e. The van der Waals surface area contributed by atoms with Gasteiger partial charge in [-0.15, -0.1) is 0 Å². The highest BCUT2D eigenvalue weighted by atomic mass is 16.5. The lowest BCUT2D eigenvalue weighted by molar-refractivity contribution is -0.115. The molecule has 3 rings (SSSR count). The van der Waals surface area contributed by atoms with E-state index in [4.69, 9.17) is 9.26 Å². The number of ether oxygens (including phenoxy) is 1. The SMILES string of the molecule is COc1cccc(-c2cc(CC(=O)Nc3cccc(C)c3)no2)c1. The number of hydrogen-bond acceptors (Lipinski definition) is 4. The van der Waals surface area contributed by atoms with E-state index in [1.54, 1.807) is 13.2 Å². The fourth-order valence-electron chi connectivity index (χ4n) is 2.40. The third-order valence-electron chi connectivity index (χ3n) is 3.56. The van der Waals surface area contributed by atoms with Crippen molar-refractivity contribution in [3.8, 4) is 17.1 Å². The van der Waals surface area contributed by atoms with E-state index in [0.29, 0.717) is 11.5 Å². The standard InChI is InChI=1S/C19H18N2O3/c1-13-5-3-7-15(9-13)20-19(22)12-16-11-18(24-21-16)14-6-4-8-17(10-14)23-2/h3-11H,12H2,1-2H3,(H,20,22). The zero-order valence-electron chi connectivity index (χ0n) is 13.6. The zero-order valence-corrected chi connectivity index (χ0v) is 13.6. The minimum absolute atomic E-state index is 0.133. The van der Waals surface area contributed by atoms with Gasteiger partial charge in [0.1, 0.15) is 5.75 Å². The predicted molar refractivity (Wildman–Crippen MR) is 92.0 cm³/mol. The number of benzene rings is 2. The largest absolute Gasteiger partial charge is 0.497 e. The number of aryl methyl sites for hydroxylation is 1. The molecule has 1 heterocycles. The van der Waals surface area contributed by atoms with Crippen molar-refractivity contribution in [1.29, 1.82) is 0 Å². The van der Waals surface area contributed by atoms with Gasteiger partial charge in [-0.25, -0.2) is 0 Å². The fourth-order valence-corrected chi connectivity index (χ4v) is 2.40. The van der Waals surface area contributed by atoms with Gasteiger partial charge in [-0.3, -0.25) is 4.79 Å². The monoisotopic (exact) mass is 322 g/mol. The van der Waals surface area contributed by atoms with E-state index in [0.717, 1.165) is 22.6 Å². The number of carbonyl (C=O) groups is 1. The Morgan fingerprint density at radius 3 is 2.79 bits per heavy atom. The van der Waals surface area contributed by atoms with Gasteiger partial charge >= 0.3 is 0 Å². The van der Waals surface area contributed by atoms with Crippen LogP contribution >= 0.6 is 0 Å². The first-order chi connectivity index (χ1) is 11.6. The quantitative estimate of drug-likeness (QED) is 0.775. The van der Waals surface area contributed by atoms with Gasteiger partial charge in [0.2, 0.25) is 5.91 Å². The topological polar surface area (TPSA) is 64.4 Å². The van der Waals surface area contributed by atoms with E-state index in [1.807, 2.05) is 55.5 Å². The molecule has 0 radical (unpaired) electrons. The smallest absolute Gasteiger partial charge is 0.230 e. The third kappa shape index (κ3) is 3.81. The molecule has 122 valence electrons. The molecule has 0 aliphatic heterocycles. The lowest BCUT2D eigenvalue weighted by Gasteiger charge is -2.04. The molecule has 1 amide bonds. The van der Waals surface area contributed by atoms with Crippen molar-refractivity contribution in [1.82, 2.24) is 5.16 Å². The van der Waals surface area contributed by atoms with Crippen LogP contribution < -0.4 is 10.1 Å². The summed E-state index contributed by atoms with van der Waals surface area (Å²) in [4.78, 5) is 12.1. The fraction of sp³-hybridized carbons (Fsp3) is 0.158. The molecule has 0 saturated carbocycles. The summed E-state index contributed by atoms with van der Waals surface area (Å²) in [5, 5.41) is 6.83. The molecule has 5 heteroatoms. The first-order valence-corrected chi connectivity index (χ1v) is 7.60. The Kier molecular flexibility index (Phi) is 4.61. The number of carbonyl (C=O) groups excluding carboxylic acids is 1. The molecule has 0 fully saturated rings. The van der Waals surface area contributed by atoms with E-state index in [2.05, 4.69) is 10.5 Å². The van der Waals surface area contributed by atoms with Crippen LogP contribution in [0.4, 0.5) is 5.69 Å². The summed E-state index contributed by atoms with van der Waals surface area (Å²) in [6.45, 7) is 1.98. The van der Waals surface area contributed by atoms with Crippen LogP contribution in [0.15, 0.2) is 59.1 Å². The van der Waals surface area contributed by atoms with Crippen molar-refractivity contribution in [2.45, 2.75) is 13.3 Å². The number of nitrogens with zero attached hydrogens (tertiary/aromatic N) is 1. The Morgan fingerprint density at radius 1 is 1.17 bits per heavy atom. The van der Waals surface area contributed by atoms with Crippen molar-refractivity contribution >= 4 is 11.6 Å². The second kappa shape index (κ2) is 7.00. The summed E-state index contributed by atoms with van der Waals surface area (Å²) in [5.41, 5.74) is 3.30. The summed E-state index contributed by atoms with van der Waals surface area (Å²) >= 11 is 0. The second-order valence-electron chi connectivity index (χ2n) is 5.51. The van der Waals surface area contributed by atoms with E-state index in [1.165, 1.54) is 0 Å². The molecule has 1 N–H and O–H groups in total. The first-order valence-electron chi connectivity index (χ1n) is 7.60. The number of aromatic nitrogens is 1. The summed E-state index contributed by atoms with van der Waals surface area (Å²) in [7, 11) is 1.61. The average Bonchev–Trinajstić information content (AvgIpc) is 3.03. The maximum absolute atomic E-state index is 12.1. The summed E-state index contributed by atoms with van der Waals surface area (Å²) < 4.78 is 10.5. The van der Waals surface area contributed by atoms with Gasteiger partial charge in [0.05, 0.1) is 19.2 Å². The maximum atomic E-state index is 12.1. The van der Waals surface area contributed by atoms with Gasteiger partial charge in [0.15, 0.2) is 5.76 Å². The van der Waals surface area contributed by atoms with Crippen LogP contribution in [0.5, 0.6) is 5.75 Å². The number of anilines is 1. The van der Waals surface area contributed by atoms with Gasteiger partial charge in [-0.1, -0.05) is 29.4 Å². The van der Waals surface area contributed by atoms with E-state index in [9.17, 15) is 4.79 Å². The van der Waals surface area contributed by atoms with E-state index >= 15 is 0 Å². The second-order valence-corrected chi connectivity index (χ2v) is 5.51. The minimum atomic E-state index is -0.133. The molecule has 0 saturated heterocycles. The van der Waals surface area contributed by atoms with Crippen LogP contribution in [0.25, 0.3) is 11.3 Å². The normalized spacial score (nSPS) is 10.4. The molecule has 1 aromatic heterocycles. The number of amides is 1. The van der Waals surface area contributed by atoms with Crippen LogP contribution in [0, 0.1) is 6.92 Å². The molecular weight excluding hydrogens is 304 g/mol. The lowest BCUT2D eigenvalue weighted by atomic mass is 10.1. The highest BCUT2D eigenvalue weighted by Gasteiger charge is 2.11. The van der Waals surface area contributed by atoms with Gasteiger partial charge in [0.25, 0.3) is 0 Å². The molecule has 0 unspecified atom stereocenters. The van der Waals surface area contributed by atoms with Gasteiger partial charge in [-0.05, 0) is 36.8 Å². The molecular formula is C19H18N2O3. The molecule has 0 aliphatic carbocycles. The van der Waals surface area contributed by atoms with Crippen LogP contribution in [0.1, 0.15) is 11.3 Å². The van der Waals surface area contributed by atoms with Crippen LogP contribution in [0.2, 0.25) is 0 Å². The van der Waals surface area contributed by atoms with Gasteiger partial charge < -0.3 is 14.6 Å². The first kappa shape index (κ1) is 15.8. The van der Waals surface area contributed by atoms with E-state index in [-0.39, 0.29) is 12.3 Å². The number of nitrogens with one attached hydrogen (secondary N) is 1. The highest BCUT2D eigenvalue weighted by Crippen LogP contribution is 2.24. The molecule has 0 atom stereocenters. The Bertz CT molecular complexity index is 855. The Hall–Kier alpha value is -3.08. The zero-order chi connectivity index (χ0) is 16.9. The van der Waals surface area contributed by atoms with Crippen molar-refractivity contribution in [3.05, 3.63) is 65.9 Å². The van der Waals surface area contributed by atoms with Crippen molar-refractivity contribution in [2.75, 3.05) is 12.4 Å². The number of hydrogen-bond donors (Lipinski definition) is 1. The molecule has 24 heavy (non-hydrogen) atoms. The molecule has 3 aromatic rings. The van der Waals surface area contributed by atoms with Gasteiger partial charge in [0, 0.05) is 17.3 Å². The van der Waals surface area contributed by atoms with E-state index < -0.39 is 0 Å². The summed E-state index contributed by atoms with van der Waals surface area (Å²) in [5.74, 6) is 1.21. The van der Waals surface area contributed by atoms with Gasteiger partial charge in [-0.2, -0.15) is 0 Å². The highest BCUT2D eigenvalue weighted by molar-refractivity contribution is 5.92. The Morgan fingerprint density at radius 2 is 2.00 bits per heavy atom. The van der Waals surface area contributed by atoms with Crippen molar-refractivity contribution in [2.24, 2.45) is 0 Å². The number of rotatable bonds is 5. The molecule has 2 aromatic carbocycles. The molecule has 0 bridgehead atoms. The average molecular weight is 322 g/mol. The molecule has 0 spiro atoms. The van der Waals surface area contributed by atoms with Crippen molar-refractivity contribution in [3.63, 3.8) is 0 Å². The Balaban J connectivity index is 1.68. The molecule has 5 nitrogen and oxygen atoms in total. The predicted octanol–water partition coefficient (Wildman–Crippen LogP) is 3.84. The van der Waals surface area contributed by atoms with Crippen LogP contribution in [0.3, 0.4) is 0 Å².